The predicted octanol–water partition coefficient (Wildman–Crippen LogP) is 3.72. The van der Waals surface area contributed by atoms with E-state index >= 15 is 0 Å². The average Bonchev–Trinajstić information content (AvgIpc) is 2.42. The summed E-state index contributed by atoms with van der Waals surface area (Å²) in [4.78, 5) is 12.3. The summed E-state index contributed by atoms with van der Waals surface area (Å²) in [6.07, 6.45) is 0. The summed E-state index contributed by atoms with van der Waals surface area (Å²) in [6.45, 7) is 3.77. The number of hydrogen-bond acceptors (Lipinski definition) is 2. The van der Waals surface area contributed by atoms with E-state index in [0.29, 0.717) is 16.3 Å². The number of nitrogen functional groups attached to an aromatic ring is 1. The lowest BCUT2D eigenvalue weighted by atomic mass is 10.1. The average molecular weight is 289 g/mol. The van der Waals surface area contributed by atoms with E-state index in [4.69, 9.17) is 17.3 Å². The Balaban J connectivity index is 2.20. The monoisotopic (exact) mass is 288 g/mol. The molecule has 0 aliphatic heterocycles. The highest BCUT2D eigenvalue weighted by Crippen LogP contribution is 2.23. The van der Waals surface area contributed by atoms with Crippen molar-refractivity contribution in [2.45, 2.75) is 19.9 Å². The smallest absolute Gasteiger partial charge is 0.253 e. The maximum atomic E-state index is 12.3. The molecule has 1 atom stereocenters. The number of nitrogens with one attached hydrogen (secondary N) is 1. The van der Waals surface area contributed by atoms with Crippen molar-refractivity contribution in [1.29, 1.82) is 0 Å². The maximum Gasteiger partial charge on any atom is 0.253 e. The molecule has 0 saturated carbocycles. The third-order valence-electron chi connectivity index (χ3n) is 3.29. The van der Waals surface area contributed by atoms with Gasteiger partial charge in [-0.2, -0.15) is 0 Å². The van der Waals surface area contributed by atoms with E-state index in [1.165, 1.54) is 0 Å². The number of rotatable bonds is 3. The molecule has 0 aliphatic carbocycles. The minimum Gasteiger partial charge on any atom is -0.398 e. The van der Waals surface area contributed by atoms with E-state index in [-0.39, 0.29) is 11.9 Å². The van der Waals surface area contributed by atoms with Crippen LogP contribution in [0.1, 0.15) is 34.5 Å². The Bertz CT molecular complexity index is 640. The second kappa shape index (κ2) is 5.97. The van der Waals surface area contributed by atoms with Gasteiger partial charge in [0.15, 0.2) is 0 Å². The van der Waals surface area contributed by atoms with E-state index in [1.54, 1.807) is 12.1 Å². The second-order valence-electron chi connectivity index (χ2n) is 4.75. The van der Waals surface area contributed by atoms with Crippen LogP contribution in [-0.2, 0) is 0 Å². The van der Waals surface area contributed by atoms with Gasteiger partial charge in [-0.3, -0.25) is 4.79 Å². The Kier molecular flexibility index (Phi) is 4.30. The lowest BCUT2D eigenvalue weighted by Crippen LogP contribution is -2.27. The fourth-order valence-corrected chi connectivity index (χ4v) is 2.36. The number of benzene rings is 2. The van der Waals surface area contributed by atoms with Crippen LogP contribution in [-0.4, -0.2) is 5.91 Å². The summed E-state index contributed by atoms with van der Waals surface area (Å²) in [5, 5.41) is 3.55. The Morgan fingerprint density at radius 1 is 1.20 bits per heavy atom. The SMILES string of the molecule is Cc1cccc(C(=O)NC(C)c2ccccc2Cl)c1N. The van der Waals surface area contributed by atoms with Gasteiger partial charge in [0, 0.05) is 10.7 Å². The first-order valence-corrected chi connectivity index (χ1v) is 6.79. The number of carbonyl (C=O) groups excluding carboxylic acids is 1. The van der Waals surface area contributed by atoms with Crippen molar-refractivity contribution in [3.05, 3.63) is 64.2 Å². The van der Waals surface area contributed by atoms with Crippen LogP contribution in [0.15, 0.2) is 42.5 Å². The third kappa shape index (κ3) is 2.94. The van der Waals surface area contributed by atoms with Gasteiger partial charge in [0.2, 0.25) is 0 Å². The molecule has 1 unspecified atom stereocenters. The summed E-state index contributed by atoms with van der Waals surface area (Å²) in [6, 6.07) is 12.7. The van der Waals surface area contributed by atoms with Crippen molar-refractivity contribution in [3.63, 3.8) is 0 Å². The van der Waals surface area contributed by atoms with Crippen LogP contribution in [0.25, 0.3) is 0 Å². The van der Waals surface area contributed by atoms with E-state index < -0.39 is 0 Å². The molecule has 0 fully saturated rings. The molecule has 0 heterocycles. The normalized spacial score (nSPS) is 11.9. The molecular weight excluding hydrogens is 272 g/mol. The molecule has 0 saturated heterocycles. The number of hydrogen-bond donors (Lipinski definition) is 2. The first-order chi connectivity index (χ1) is 9.50. The second-order valence-corrected chi connectivity index (χ2v) is 5.16. The highest BCUT2D eigenvalue weighted by Gasteiger charge is 2.15. The Labute approximate surface area is 123 Å². The molecule has 0 spiro atoms. The molecule has 0 aromatic heterocycles. The molecule has 104 valence electrons. The fourth-order valence-electron chi connectivity index (χ4n) is 2.06. The van der Waals surface area contributed by atoms with Crippen LogP contribution in [0.2, 0.25) is 5.02 Å². The topological polar surface area (TPSA) is 55.1 Å². The predicted molar refractivity (Wildman–Crippen MR) is 82.9 cm³/mol. The quantitative estimate of drug-likeness (QED) is 0.846. The van der Waals surface area contributed by atoms with Crippen molar-refractivity contribution >= 4 is 23.2 Å². The lowest BCUT2D eigenvalue weighted by Gasteiger charge is -2.17. The molecule has 1 amide bonds. The van der Waals surface area contributed by atoms with Crippen LogP contribution in [0.5, 0.6) is 0 Å². The Morgan fingerprint density at radius 2 is 1.90 bits per heavy atom. The molecule has 2 aromatic rings. The summed E-state index contributed by atoms with van der Waals surface area (Å²) >= 11 is 6.13. The number of aryl methyl sites for hydroxylation is 1. The van der Waals surface area contributed by atoms with Crippen molar-refractivity contribution in [3.8, 4) is 0 Å². The van der Waals surface area contributed by atoms with Gasteiger partial charge in [0.05, 0.1) is 11.6 Å². The van der Waals surface area contributed by atoms with Gasteiger partial charge >= 0.3 is 0 Å². The molecular formula is C16H17ClN2O. The zero-order valence-electron chi connectivity index (χ0n) is 11.5. The van der Waals surface area contributed by atoms with E-state index in [9.17, 15) is 4.79 Å². The summed E-state index contributed by atoms with van der Waals surface area (Å²) in [5.74, 6) is -0.196. The summed E-state index contributed by atoms with van der Waals surface area (Å²) < 4.78 is 0. The van der Waals surface area contributed by atoms with Gasteiger partial charge < -0.3 is 11.1 Å². The minimum atomic E-state index is -0.196. The van der Waals surface area contributed by atoms with Gasteiger partial charge in [0.25, 0.3) is 5.91 Å². The van der Waals surface area contributed by atoms with Gasteiger partial charge in [-0.1, -0.05) is 41.9 Å². The van der Waals surface area contributed by atoms with Crippen LogP contribution >= 0.6 is 11.6 Å². The molecule has 0 bridgehead atoms. The van der Waals surface area contributed by atoms with E-state index in [1.807, 2.05) is 44.2 Å². The van der Waals surface area contributed by atoms with Gasteiger partial charge in [0.1, 0.15) is 0 Å². The highest BCUT2D eigenvalue weighted by atomic mass is 35.5. The van der Waals surface area contributed by atoms with Crippen LogP contribution in [0.3, 0.4) is 0 Å². The third-order valence-corrected chi connectivity index (χ3v) is 3.63. The maximum absolute atomic E-state index is 12.3. The zero-order valence-corrected chi connectivity index (χ0v) is 12.2. The molecule has 3 nitrogen and oxygen atoms in total. The number of carbonyl (C=O) groups is 1. The molecule has 3 N–H and O–H groups in total. The van der Waals surface area contributed by atoms with Gasteiger partial charge in [-0.05, 0) is 37.1 Å². The number of halogens is 1. The minimum absolute atomic E-state index is 0.184. The number of para-hydroxylation sites is 1. The zero-order chi connectivity index (χ0) is 14.7. The first-order valence-electron chi connectivity index (χ1n) is 6.41. The number of amides is 1. The molecule has 20 heavy (non-hydrogen) atoms. The van der Waals surface area contributed by atoms with Crippen LogP contribution < -0.4 is 11.1 Å². The molecule has 2 aromatic carbocycles. The van der Waals surface area contributed by atoms with Gasteiger partial charge in [-0.25, -0.2) is 0 Å². The molecule has 2 rings (SSSR count). The molecule has 0 radical (unpaired) electrons. The Hall–Kier alpha value is -2.00. The summed E-state index contributed by atoms with van der Waals surface area (Å²) in [5.41, 5.74) is 8.72. The first kappa shape index (κ1) is 14.4. The van der Waals surface area contributed by atoms with Crippen molar-refractivity contribution in [2.75, 3.05) is 5.73 Å². The van der Waals surface area contributed by atoms with Crippen LogP contribution in [0.4, 0.5) is 5.69 Å². The van der Waals surface area contributed by atoms with Gasteiger partial charge in [-0.15, -0.1) is 0 Å². The van der Waals surface area contributed by atoms with Crippen LogP contribution in [0, 0.1) is 6.92 Å². The Morgan fingerprint density at radius 3 is 2.60 bits per heavy atom. The van der Waals surface area contributed by atoms with E-state index in [0.717, 1.165) is 11.1 Å². The van der Waals surface area contributed by atoms with Crippen molar-refractivity contribution < 1.29 is 4.79 Å². The molecule has 0 aliphatic rings. The standard InChI is InChI=1S/C16H17ClN2O/c1-10-6-5-8-13(15(10)18)16(20)19-11(2)12-7-3-4-9-14(12)17/h3-9,11H,18H2,1-2H3,(H,19,20). The molecule has 4 heteroatoms. The number of anilines is 1. The lowest BCUT2D eigenvalue weighted by molar-refractivity contribution is 0.0941. The van der Waals surface area contributed by atoms with E-state index in [2.05, 4.69) is 5.32 Å². The van der Waals surface area contributed by atoms with Crippen molar-refractivity contribution in [2.24, 2.45) is 0 Å². The fraction of sp³-hybridized carbons (Fsp3) is 0.188. The highest BCUT2D eigenvalue weighted by molar-refractivity contribution is 6.31. The summed E-state index contributed by atoms with van der Waals surface area (Å²) in [7, 11) is 0. The number of nitrogens with two attached hydrogens (primary N) is 1. The van der Waals surface area contributed by atoms with Crippen molar-refractivity contribution in [1.82, 2.24) is 5.32 Å². The largest absolute Gasteiger partial charge is 0.398 e.